The molecular formula is C30H51N3O. The van der Waals surface area contributed by atoms with Crippen molar-refractivity contribution in [2.24, 2.45) is 23.5 Å². The van der Waals surface area contributed by atoms with E-state index in [9.17, 15) is 4.79 Å². The molecule has 3 rings (SSSR count). The van der Waals surface area contributed by atoms with Crippen LogP contribution in [0.1, 0.15) is 97.5 Å². The molecule has 1 saturated carbocycles. The summed E-state index contributed by atoms with van der Waals surface area (Å²) in [5.41, 5.74) is 9.09. The van der Waals surface area contributed by atoms with Crippen LogP contribution in [0.25, 0.3) is 0 Å². The average Bonchev–Trinajstić information content (AvgIpc) is 2.87. The average molecular weight is 470 g/mol. The third kappa shape index (κ3) is 7.73. The minimum Gasteiger partial charge on any atom is -0.368 e. The highest BCUT2D eigenvalue weighted by Gasteiger charge is 2.31. The molecular weight excluding hydrogens is 418 g/mol. The fraction of sp³-hybridized carbons (Fsp3) is 0.767. The van der Waals surface area contributed by atoms with E-state index >= 15 is 0 Å². The largest absolute Gasteiger partial charge is 0.368 e. The maximum absolute atomic E-state index is 12.9. The topological polar surface area (TPSA) is 49.6 Å². The van der Waals surface area contributed by atoms with Crippen LogP contribution in [0.4, 0.5) is 5.69 Å². The fourth-order valence-corrected chi connectivity index (χ4v) is 5.73. The lowest BCUT2D eigenvalue weighted by atomic mass is 9.85. The van der Waals surface area contributed by atoms with E-state index in [0.717, 1.165) is 44.8 Å². The van der Waals surface area contributed by atoms with Gasteiger partial charge >= 0.3 is 0 Å². The highest BCUT2D eigenvalue weighted by molar-refractivity contribution is 5.82. The predicted octanol–water partition coefficient (Wildman–Crippen LogP) is 6.42. The molecule has 1 aromatic rings. The van der Waals surface area contributed by atoms with Gasteiger partial charge in [-0.2, -0.15) is 0 Å². The number of nitrogens with two attached hydrogens (primary N) is 1. The lowest BCUT2D eigenvalue weighted by Gasteiger charge is -2.41. The lowest BCUT2D eigenvalue weighted by molar-refractivity contribution is -0.134. The summed E-state index contributed by atoms with van der Waals surface area (Å²) in [5, 5.41) is 0. The number of rotatable bonds is 11. The molecule has 2 atom stereocenters. The Kier molecular flexibility index (Phi) is 10.8. The van der Waals surface area contributed by atoms with E-state index < -0.39 is 0 Å². The first-order chi connectivity index (χ1) is 16.4. The number of carbonyl (C=O) groups excluding carboxylic acids is 1. The minimum atomic E-state index is -0.361. The van der Waals surface area contributed by atoms with Crippen molar-refractivity contribution in [1.29, 1.82) is 0 Å². The van der Waals surface area contributed by atoms with Crippen molar-refractivity contribution in [3.63, 3.8) is 0 Å². The van der Waals surface area contributed by atoms with E-state index in [1.165, 1.54) is 62.6 Å². The summed E-state index contributed by atoms with van der Waals surface area (Å²) in [7, 11) is 0. The Labute approximate surface area is 209 Å². The SMILES string of the molecule is CCC(C)C(N)C(=O)N1CCC(N(CCC(C)C)c2ccc(CCC3CCCCC3)cc2)CC1. The molecule has 192 valence electrons. The number of likely N-dealkylation sites (tertiary alicyclic amines) is 1. The number of aryl methyl sites for hydroxylation is 1. The second-order valence-corrected chi connectivity index (χ2v) is 11.6. The summed E-state index contributed by atoms with van der Waals surface area (Å²) >= 11 is 0. The molecule has 1 saturated heterocycles. The van der Waals surface area contributed by atoms with Crippen molar-refractivity contribution in [3.05, 3.63) is 29.8 Å². The van der Waals surface area contributed by atoms with Gasteiger partial charge in [-0.1, -0.05) is 78.4 Å². The molecule has 2 N–H and O–H groups in total. The second kappa shape index (κ2) is 13.5. The molecule has 0 spiro atoms. The Balaban J connectivity index is 1.59. The van der Waals surface area contributed by atoms with Gasteiger partial charge in [0.15, 0.2) is 0 Å². The molecule has 34 heavy (non-hydrogen) atoms. The van der Waals surface area contributed by atoms with E-state index in [1.807, 2.05) is 4.90 Å². The van der Waals surface area contributed by atoms with E-state index in [0.29, 0.717) is 12.0 Å². The van der Waals surface area contributed by atoms with Gasteiger partial charge in [-0.15, -0.1) is 0 Å². The predicted molar refractivity (Wildman–Crippen MR) is 145 cm³/mol. The number of amides is 1. The van der Waals surface area contributed by atoms with Gasteiger partial charge in [-0.3, -0.25) is 4.79 Å². The van der Waals surface area contributed by atoms with Crippen molar-refractivity contribution in [2.75, 3.05) is 24.5 Å². The maximum atomic E-state index is 12.9. The first-order valence-corrected chi connectivity index (χ1v) is 14.3. The van der Waals surface area contributed by atoms with Crippen LogP contribution in [0.5, 0.6) is 0 Å². The van der Waals surface area contributed by atoms with Gasteiger partial charge in [0.2, 0.25) is 5.91 Å². The van der Waals surface area contributed by atoms with Crippen molar-refractivity contribution in [2.45, 2.75) is 110 Å². The molecule has 1 amide bonds. The standard InChI is InChI=1S/C30H51N3O/c1-5-24(4)29(31)30(34)32-20-18-28(19-21-32)33(22-17-23(2)3)27-15-13-26(14-16-27)12-11-25-9-7-6-8-10-25/h13-16,23-25,28-29H,5-12,17-22,31H2,1-4H3. The molecule has 2 fully saturated rings. The Morgan fingerprint density at radius 3 is 2.26 bits per heavy atom. The first-order valence-electron chi connectivity index (χ1n) is 14.3. The van der Waals surface area contributed by atoms with Crippen molar-refractivity contribution < 1.29 is 4.79 Å². The zero-order valence-corrected chi connectivity index (χ0v) is 22.5. The number of piperidine rings is 1. The summed E-state index contributed by atoms with van der Waals surface area (Å²) in [6.07, 6.45) is 13.9. The van der Waals surface area contributed by atoms with Crippen molar-refractivity contribution in [3.8, 4) is 0 Å². The zero-order chi connectivity index (χ0) is 24.5. The smallest absolute Gasteiger partial charge is 0.239 e. The van der Waals surface area contributed by atoms with Crippen LogP contribution in [-0.2, 0) is 11.2 Å². The molecule has 1 aromatic carbocycles. The van der Waals surface area contributed by atoms with Gasteiger partial charge in [0.25, 0.3) is 0 Å². The zero-order valence-electron chi connectivity index (χ0n) is 22.5. The van der Waals surface area contributed by atoms with E-state index in [1.54, 1.807) is 0 Å². The molecule has 2 unspecified atom stereocenters. The van der Waals surface area contributed by atoms with Crippen LogP contribution in [0.3, 0.4) is 0 Å². The van der Waals surface area contributed by atoms with Crippen LogP contribution in [0.15, 0.2) is 24.3 Å². The Morgan fingerprint density at radius 2 is 1.68 bits per heavy atom. The van der Waals surface area contributed by atoms with Crippen LogP contribution >= 0.6 is 0 Å². The summed E-state index contributed by atoms with van der Waals surface area (Å²) in [5.74, 6) is 2.01. The van der Waals surface area contributed by atoms with Gasteiger partial charge in [0.1, 0.15) is 0 Å². The van der Waals surface area contributed by atoms with Gasteiger partial charge in [0, 0.05) is 31.4 Å². The maximum Gasteiger partial charge on any atom is 0.239 e. The van der Waals surface area contributed by atoms with Crippen LogP contribution in [-0.4, -0.2) is 42.5 Å². The number of benzene rings is 1. The molecule has 1 aliphatic carbocycles. The Morgan fingerprint density at radius 1 is 1.03 bits per heavy atom. The highest BCUT2D eigenvalue weighted by Crippen LogP contribution is 2.29. The third-order valence-corrected chi connectivity index (χ3v) is 8.54. The number of anilines is 1. The van der Waals surface area contributed by atoms with E-state index in [-0.39, 0.29) is 17.9 Å². The molecule has 0 aromatic heterocycles. The summed E-state index contributed by atoms with van der Waals surface area (Å²) < 4.78 is 0. The molecule has 0 radical (unpaired) electrons. The van der Waals surface area contributed by atoms with Gasteiger partial charge in [0.05, 0.1) is 6.04 Å². The van der Waals surface area contributed by atoms with Crippen molar-refractivity contribution in [1.82, 2.24) is 4.90 Å². The molecule has 4 heteroatoms. The van der Waals surface area contributed by atoms with Crippen LogP contribution in [0.2, 0.25) is 0 Å². The van der Waals surface area contributed by atoms with Crippen molar-refractivity contribution >= 4 is 11.6 Å². The molecule has 1 aliphatic heterocycles. The van der Waals surface area contributed by atoms with Gasteiger partial charge < -0.3 is 15.5 Å². The number of hydrogen-bond donors (Lipinski definition) is 1. The molecule has 2 aliphatic rings. The monoisotopic (exact) mass is 469 g/mol. The molecule has 1 heterocycles. The third-order valence-electron chi connectivity index (χ3n) is 8.54. The van der Waals surface area contributed by atoms with Crippen LogP contribution < -0.4 is 10.6 Å². The number of nitrogens with zero attached hydrogens (tertiary/aromatic N) is 2. The van der Waals surface area contributed by atoms with E-state index in [4.69, 9.17) is 5.73 Å². The lowest BCUT2D eigenvalue weighted by Crippen LogP contribution is -2.52. The summed E-state index contributed by atoms with van der Waals surface area (Å²) in [4.78, 5) is 17.5. The fourth-order valence-electron chi connectivity index (χ4n) is 5.73. The van der Waals surface area contributed by atoms with Gasteiger partial charge in [-0.25, -0.2) is 0 Å². The first kappa shape index (κ1) is 27.0. The van der Waals surface area contributed by atoms with E-state index in [2.05, 4.69) is 56.9 Å². The highest BCUT2D eigenvalue weighted by atomic mass is 16.2. The second-order valence-electron chi connectivity index (χ2n) is 11.6. The quantitative estimate of drug-likeness (QED) is 0.407. The minimum absolute atomic E-state index is 0.142. The Hall–Kier alpha value is -1.55. The van der Waals surface area contributed by atoms with Crippen LogP contribution in [0, 0.1) is 17.8 Å². The number of carbonyl (C=O) groups is 1. The summed E-state index contributed by atoms with van der Waals surface area (Å²) in [6.45, 7) is 11.6. The Bertz CT molecular complexity index is 717. The van der Waals surface area contributed by atoms with Gasteiger partial charge in [-0.05, 0) is 67.6 Å². The molecule has 0 bridgehead atoms. The molecule has 4 nitrogen and oxygen atoms in total. The normalized spacial score (nSPS) is 19.9. The summed E-state index contributed by atoms with van der Waals surface area (Å²) in [6, 6.07) is 9.57. The number of hydrogen-bond acceptors (Lipinski definition) is 3.